The summed E-state index contributed by atoms with van der Waals surface area (Å²) in [5.41, 5.74) is 1.27. The van der Waals surface area contributed by atoms with Gasteiger partial charge in [-0.2, -0.15) is 0 Å². The second-order valence-corrected chi connectivity index (χ2v) is 6.13. The van der Waals surface area contributed by atoms with E-state index in [1.54, 1.807) is 24.3 Å². The molecule has 0 aromatic heterocycles. The van der Waals surface area contributed by atoms with E-state index in [1.165, 1.54) is 0 Å². The fourth-order valence-corrected chi connectivity index (χ4v) is 2.86. The molecule has 5 nitrogen and oxygen atoms in total. The Morgan fingerprint density at radius 1 is 1.32 bits per heavy atom. The molecule has 0 spiro atoms. The van der Waals surface area contributed by atoms with Crippen molar-refractivity contribution in [3.8, 4) is 0 Å². The average Bonchev–Trinajstić information content (AvgIpc) is 2.46. The van der Waals surface area contributed by atoms with Gasteiger partial charge in [0, 0.05) is 12.0 Å². The normalized spacial score (nSPS) is 18.7. The summed E-state index contributed by atoms with van der Waals surface area (Å²) in [5, 5.41) is 11.9. The molecule has 1 aromatic carbocycles. The molecular formula is C17H21NO4. The first-order valence-corrected chi connectivity index (χ1v) is 7.55. The molecule has 0 bridgehead atoms. The molecule has 0 heterocycles. The maximum absolute atomic E-state index is 12.5. The average molecular weight is 303 g/mol. The standard InChI is InChI=1S/C17H21NO4/c1-10(2)9-14(17(21)22)18-16(20)13-7-8-15(19)12-6-4-3-5-11(12)13/h3-6,10,13-14H,7-9H2,1-2H3,(H,18,20)(H,21,22). The zero-order valence-corrected chi connectivity index (χ0v) is 12.8. The lowest BCUT2D eigenvalue weighted by atomic mass is 9.81. The van der Waals surface area contributed by atoms with Crippen molar-refractivity contribution in [3.63, 3.8) is 0 Å². The first-order chi connectivity index (χ1) is 10.4. The number of hydrogen-bond donors (Lipinski definition) is 2. The van der Waals surface area contributed by atoms with Gasteiger partial charge in [0.05, 0.1) is 5.92 Å². The third kappa shape index (κ3) is 3.53. The van der Waals surface area contributed by atoms with Crippen molar-refractivity contribution in [2.45, 2.75) is 45.1 Å². The maximum atomic E-state index is 12.5. The minimum absolute atomic E-state index is 0.0385. The number of hydrogen-bond acceptors (Lipinski definition) is 3. The van der Waals surface area contributed by atoms with Gasteiger partial charge in [0.25, 0.3) is 0 Å². The lowest BCUT2D eigenvalue weighted by molar-refractivity contribution is -0.142. The Balaban J connectivity index is 2.18. The molecule has 0 saturated carbocycles. The molecule has 118 valence electrons. The highest BCUT2D eigenvalue weighted by Gasteiger charge is 2.32. The van der Waals surface area contributed by atoms with Crippen LogP contribution in [0.1, 0.15) is 54.9 Å². The van der Waals surface area contributed by atoms with Crippen LogP contribution in [0.3, 0.4) is 0 Å². The Hall–Kier alpha value is -2.17. The number of carbonyl (C=O) groups excluding carboxylic acids is 2. The fraction of sp³-hybridized carbons (Fsp3) is 0.471. The van der Waals surface area contributed by atoms with Crippen LogP contribution in [0, 0.1) is 5.92 Å². The van der Waals surface area contributed by atoms with Crippen molar-refractivity contribution < 1.29 is 19.5 Å². The molecule has 1 aliphatic carbocycles. The van der Waals surface area contributed by atoms with Crippen molar-refractivity contribution in [1.82, 2.24) is 5.32 Å². The Labute approximate surface area is 129 Å². The van der Waals surface area contributed by atoms with Gasteiger partial charge < -0.3 is 10.4 Å². The lowest BCUT2D eigenvalue weighted by Crippen LogP contribution is -2.44. The molecule has 0 fully saturated rings. The summed E-state index contributed by atoms with van der Waals surface area (Å²) in [4.78, 5) is 35.7. The Morgan fingerprint density at radius 2 is 2.00 bits per heavy atom. The second kappa shape index (κ2) is 6.73. The van der Waals surface area contributed by atoms with E-state index < -0.39 is 17.9 Å². The minimum Gasteiger partial charge on any atom is -0.480 e. The van der Waals surface area contributed by atoms with Crippen LogP contribution in [0.15, 0.2) is 24.3 Å². The molecule has 2 rings (SSSR count). The minimum atomic E-state index is -1.03. The SMILES string of the molecule is CC(C)CC(NC(=O)C1CCC(=O)c2ccccc21)C(=O)O. The molecule has 5 heteroatoms. The summed E-state index contributed by atoms with van der Waals surface area (Å²) in [6.07, 6.45) is 1.13. The highest BCUT2D eigenvalue weighted by molar-refractivity contribution is 6.02. The number of carboxylic acids is 1. The smallest absolute Gasteiger partial charge is 0.326 e. The zero-order valence-electron chi connectivity index (χ0n) is 12.8. The monoisotopic (exact) mass is 303 g/mol. The maximum Gasteiger partial charge on any atom is 0.326 e. The molecule has 2 N–H and O–H groups in total. The van der Waals surface area contributed by atoms with Crippen molar-refractivity contribution >= 4 is 17.7 Å². The second-order valence-electron chi connectivity index (χ2n) is 6.13. The summed E-state index contributed by atoms with van der Waals surface area (Å²) < 4.78 is 0. The predicted octanol–water partition coefficient (Wildman–Crippen LogP) is 2.36. The number of amides is 1. The highest BCUT2D eigenvalue weighted by Crippen LogP contribution is 2.31. The number of aliphatic carboxylic acids is 1. The molecule has 0 radical (unpaired) electrons. The van der Waals surface area contributed by atoms with Crippen LogP contribution in [0.4, 0.5) is 0 Å². The van der Waals surface area contributed by atoms with Crippen LogP contribution < -0.4 is 5.32 Å². The van der Waals surface area contributed by atoms with Crippen molar-refractivity contribution in [2.75, 3.05) is 0 Å². The van der Waals surface area contributed by atoms with E-state index >= 15 is 0 Å². The van der Waals surface area contributed by atoms with Gasteiger partial charge in [0.1, 0.15) is 6.04 Å². The number of fused-ring (bicyclic) bond motifs is 1. The van der Waals surface area contributed by atoms with Crippen LogP contribution in [0.5, 0.6) is 0 Å². The molecule has 1 aromatic rings. The molecule has 2 unspecified atom stereocenters. The Morgan fingerprint density at radius 3 is 2.64 bits per heavy atom. The molecule has 1 aliphatic rings. The Bertz CT molecular complexity index is 594. The first kappa shape index (κ1) is 16.2. The summed E-state index contributed by atoms with van der Waals surface area (Å²) in [6, 6.07) is 6.17. The number of nitrogens with one attached hydrogen (secondary N) is 1. The van der Waals surface area contributed by atoms with E-state index in [4.69, 9.17) is 0 Å². The summed E-state index contributed by atoms with van der Waals surface area (Å²) in [5.74, 6) is -1.59. The third-order valence-corrected chi connectivity index (χ3v) is 3.93. The van der Waals surface area contributed by atoms with E-state index in [0.717, 1.165) is 0 Å². The fourth-order valence-electron chi connectivity index (χ4n) is 2.86. The topological polar surface area (TPSA) is 83.5 Å². The molecule has 1 amide bonds. The summed E-state index contributed by atoms with van der Waals surface area (Å²) in [7, 11) is 0. The van der Waals surface area contributed by atoms with E-state index in [-0.39, 0.29) is 17.6 Å². The van der Waals surface area contributed by atoms with Gasteiger partial charge >= 0.3 is 5.97 Å². The van der Waals surface area contributed by atoms with Gasteiger partial charge in [0.2, 0.25) is 5.91 Å². The summed E-state index contributed by atoms with van der Waals surface area (Å²) >= 11 is 0. The summed E-state index contributed by atoms with van der Waals surface area (Å²) in [6.45, 7) is 3.83. The van der Waals surface area contributed by atoms with Gasteiger partial charge in [-0.25, -0.2) is 4.79 Å². The van der Waals surface area contributed by atoms with Gasteiger partial charge in [-0.15, -0.1) is 0 Å². The predicted molar refractivity (Wildman–Crippen MR) is 81.8 cm³/mol. The number of rotatable bonds is 5. The van der Waals surface area contributed by atoms with Crippen LogP contribution >= 0.6 is 0 Å². The van der Waals surface area contributed by atoms with Crippen LogP contribution in [0.2, 0.25) is 0 Å². The number of ketones is 1. The van der Waals surface area contributed by atoms with Gasteiger partial charge in [-0.1, -0.05) is 38.1 Å². The molecule has 22 heavy (non-hydrogen) atoms. The van der Waals surface area contributed by atoms with E-state index in [1.807, 2.05) is 13.8 Å². The molecule has 0 saturated heterocycles. The lowest BCUT2D eigenvalue weighted by Gasteiger charge is -2.25. The number of carboxylic acid groups (broad SMARTS) is 1. The van der Waals surface area contributed by atoms with E-state index in [0.29, 0.717) is 30.4 Å². The Kier molecular flexibility index (Phi) is 4.96. The quantitative estimate of drug-likeness (QED) is 0.874. The highest BCUT2D eigenvalue weighted by atomic mass is 16.4. The van der Waals surface area contributed by atoms with Gasteiger partial charge in [-0.3, -0.25) is 9.59 Å². The molecular weight excluding hydrogens is 282 g/mol. The third-order valence-electron chi connectivity index (χ3n) is 3.93. The molecule has 0 aliphatic heterocycles. The van der Waals surface area contributed by atoms with Crippen LogP contribution in [-0.2, 0) is 9.59 Å². The van der Waals surface area contributed by atoms with Gasteiger partial charge in [0.15, 0.2) is 5.78 Å². The van der Waals surface area contributed by atoms with Crippen LogP contribution in [-0.4, -0.2) is 28.8 Å². The van der Waals surface area contributed by atoms with Gasteiger partial charge in [-0.05, 0) is 24.3 Å². The number of carbonyl (C=O) groups is 3. The van der Waals surface area contributed by atoms with Crippen LogP contribution in [0.25, 0.3) is 0 Å². The number of Topliss-reactive ketones (excluding diaryl/α,β-unsaturated/α-hetero) is 1. The van der Waals surface area contributed by atoms with E-state index in [2.05, 4.69) is 5.32 Å². The van der Waals surface area contributed by atoms with Crippen molar-refractivity contribution in [3.05, 3.63) is 35.4 Å². The van der Waals surface area contributed by atoms with E-state index in [9.17, 15) is 19.5 Å². The van der Waals surface area contributed by atoms with Crippen molar-refractivity contribution in [1.29, 1.82) is 0 Å². The first-order valence-electron chi connectivity index (χ1n) is 7.55. The largest absolute Gasteiger partial charge is 0.480 e. The zero-order chi connectivity index (χ0) is 16.3. The molecule has 2 atom stereocenters. The van der Waals surface area contributed by atoms with Crippen molar-refractivity contribution in [2.24, 2.45) is 5.92 Å². The number of benzene rings is 1.